The van der Waals surface area contributed by atoms with Gasteiger partial charge in [0, 0.05) is 11.1 Å². The fraction of sp³-hybridized carbons (Fsp3) is 0.129. The van der Waals surface area contributed by atoms with Gasteiger partial charge >= 0.3 is 0 Å². The Bertz CT molecular complexity index is 1630. The molecule has 9 heteroatoms. The quantitative estimate of drug-likeness (QED) is 0.203. The van der Waals surface area contributed by atoms with Gasteiger partial charge in [-0.1, -0.05) is 54.6 Å². The molecule has 0 unspecified atom stereocenters. The SMILES string of the molecule is Cc1cccc(NC(=O)COc2ccc(/C=C3\SC(=O)N(CCOc4cccc5ccccc45)C3=O)cc2Br)c1. The van der Waals surface area contributed by atoms with E-state index in [2.05, 4.69) is 21.2 Å². The summed E-state index contributed by atoms with van der Waals surface area (Å²) in [5.74, 6) is 0.552. The van der Waals surface area contributed by atoms with E-state index in [0.29, 0.717) is 32.1 Å². The number of halogens is 1. The predicted octanol–water partition coefficient (Wildman–Crippen LogP) is 7.04. The molecule has 1 fully saturated rings. The van der Waals surface area contributed by atoms with Crippen molar-refractivity contribution in [3.05, 3.63) is 105 Å². The summed E-state index contributed by atoms with van der Waals surface area (Å²) in [6, 6.07) is 26.4. The van der Waals surface area contributed by atoms with Crippen LogP contribution < -0.4 is 14.8 Å². The highest BCUT2D eigenvalue weighted by Crippen LogP contribution is 2.34. The monoisotopic (exact) mass is 616 g/mol. The molecule has 1 saturated heterocycles. The molecular formula is C31H25BrN2O5S. The van der Waals surface area contributed by atoms with E-state index in [0.717, 1.165) is 28.1 Å². The normalized spacial score (nSPS) is 14.2. The summed E-state index contributed by atoms with van der Waals surface area (Å²) < 4.78 is 12.2. The molecule has 3 amide bonds. The third-order valence-corrected chi connectivity index (χ3v) is 7.64. The van der Waals surface area contributed by atoms with Crippen LogP contribution in [0.15, 0.2) is 94.3 Å². The van der Waals surface area contributed by atoms with Gasteiger partial charge in [-0.25, -0.2) is 0 Å². The van der Waals surface area contributed by atoms with Gasteiger partial charge in [-0.05, 0) is 87.5 Å². The lowest BCUT2D eigenvalue weighted by Crippen LogP contribution is -2.32. The Morgan fingerprint density at radius 3 is 2.58 bits per heavy atom. The summed E-state index contributed by atoms with van der Waals surface area (Å²) in [5.41, 5.74) is 2.46. The number of aryl methyl sites for hydroxylation is 1. The number of anilines is 1. The lowest BCUT2D eigenvalue weighted by Gasteiger charge is -2.14. The number of fused-ring (bicyclic) bond motifs is 1. The van der Waals surface area contributed by atoms with Crippen molar-refractivity contribution >= 4 is 67.3 Å². The summed E-state index contributed by atoms with van der Waals surface area (Å²) >= 11 is 4.36. The first-order valence-electron chi connectivity index (χ1n) is 12.5. The molecular weight excluding hydrogens is 592 g/mol. The summed E-state index contributed by atoms with van der Waals surface area (Å²) in [4.78, 5) is 39.3. The number of nitrogens with zero attached hydrogens (tertiary/aromatic N) is 1. The van der Waals surface area contributed by atoms with Gasteiger partial charge in [0.15, 0.2) is 6.61 Å². The maximum absolute atomic E-state index is 13.0. The van der Waals surface area contributed by atoms with Gasteiger partial charge in [-0.2, -0.15) is 0 Å². The molecule has 7 nitrogen and oxygen atoms in total. The minimum Gasteiger partial charge on any atom is -0.491 e. The number of thioether (sulfide) groups is 1. The van der Waals surface area contributed by atoms with Crippen molar-refractivity contribution in [2.24, 2.45) is 0 Å². The fourth-order valence-electron chi connectivity index (χ4n) is 4.20. The molecule has 1 N–H and O–H groups in total. The molecule has 0 aromatic heterocycles. The van der Waals surface area contributed by atoms with Crippen LogP contribution in [-0.4, -0.2) is 41.7 Å². The molecule has 0 spiro atoms. The number of rotatable bonds is 9. The minimum atomic E-state index is -0.360. The molecule has 4 aromatic rings. The van der Waals surface area contributed by atoms with Crippen molar-refractivity contribution in [2.45, 2.75) is 6.92 Å². The van der Waals surface area contributed by atoms with E-state index < -0.39 is 0 Å². The zero-order chi connectivity index (χ0) is 28.1. The number of ether oxygens (including phenoxy) is 2. The van der Waals surface area contributed by atoms with E-state index in [9.17, 15) is 14.4 Å². The first kappa shape index (κ1) is 27.5. The van der Waals surface area contributed by atoms with Crippen LogP contribution in [-0.2, 0) is 9.59 Å². The van der Waals surface area contributed by atoms with E-state index in [1.165, 1.54) is 4.90 Å². The Morgan fingerprint density at radius 2 is 1.75 bits per heavy atom. The highest BCUT2D eigenvalue weighted by atomic mass is 79.9. The second-order valence-corrected chi connectivity index (χ2v) is 10.9. The Morgan fingerprint density at radius 1 is 0.950 bits per heavy atom. The molecule has 1 heterocycles. The largest absolute Gasteiger partial charge is 0.491 e. The van der Waals surface area contributed by atoms with Crippen LogP contribution in [0.1, 0.15) is 11.1 Å². The number of hydrogen-bond donors (Lipinski definition) is 1. The van der Waals surface area contributed by atoms with Crippen LogP contribution in [0.4, 0.5) is 10.5 Å². The number of imide groups is 1. The molecule has 1 aliphatic rings. The van der Waals surface area contributed by atoms with Gasteiger partial charge in [0.2, 0.25) is 0 Å². The molecule has 202 valence electrons. The topological polar surface area (TPSA) is 84.9 Å². The first-order valence-corrected chi connectivity index (χ1v) is 14.1. The number of nitrogens with one attached hydrogen (secondary N) is 1. The van der Waals surface area contributed by atoms with Crippen LogP contribution in [0.3, 0.4) is 0 Å². The molecule has 40 heavy (non-hydrogen) atoms. The molecule has 0 radical (unpaired) electrons. The molecule has 0 bridgehead atoms. The van der Waals surface area contributed by atoms with Crippen molar-refractivity contribution in [1.82, 2.24) is 4.90 Å². The van der Waals surface area contributed by atoms with Gasteiger partial charge in [-0.15, -0.1) is 0 Å². The maximum Gasteiger partial charge on any atom is 0.293 e. The standard InChI is InChI=1S/C31H25BrN2O5S/c1-20-6-4-9-23(16-20)33-29(35)19-39-27-13-12-21(17-25(27)32)18-28-30(36)34(31(37)40-28)14-15-38-26-11-5-8-22-7-2-3-10-24(22)26/h2-13,16-18H,14-15,19H2,1H3,(H,33,35)/b28-18-. The van der Waals surface area contributed by atoms with Crippen LogP contribution in [0.2, 0.25) is 0 Å². The van der Waals surface area contributed by atoms with E-state index in [-0.39, 0.29) is 36.8 Å². The number of amides is 3. The summed E-state index contributed by atoms with van der Waals surface area (Å²) in [6.45, 7) is 2.12. The average molecular weight is 618 g/mol. The second-order valence-electron chi connectivity index (χ2n) is 9.06. The first-order chi connectivity index (χ1) is 19.4. The average Bonchev–Trinajstić information content (AvgIpc) is 3.20. The molecule has 0 atom stereocenters. The zero-order valence-corrected chi connectivity index (χ0v) is 24.0. The van der Waals surface area contributed by atoms with Gasteiger partial charge in [0.1, 0.15) is 18.1 Å². The van der Waals surface area contributed by atoms with E-state index in [1.54, 1.807) is 24.3 Å². The van der Waals surface area contributed by atoms with Crippen molar-refractivity contribution in [1.29, 1.82) is 0 Å². The molecule has 0 aliphatic carbocycles. The van der Waals surface area contributed by atoms with Gasteiger partial charge in [0.05, 0.1) is 15.9 Å². The van der Waals surface area contributed by atoms with Crippen molar-refractivity contribution in [3.8, 4) is 11.5 Å². The maximum atomic E-state index is 13.0. The number of carbonyl (C=O) groups excluding carboxylic acids is 3. The number of hydrogen-bond acceptors (Lipinski definition) is 6. The van der Waals surface area contributed by atoms with E-state index >= 15 is 0 Å². The lowest BCUT2D eigenvalue weighted by molar-refractivity contribution is -0.123. The number of carbonyl (C=O) groups is 3. The van der Waals surface area contributed by atoms with Gasteiger partial charge in [0.25, 0.3) is 17.1 Å². The van der Waals surface area contributed by atoms with Crippen LogP contribution in [0, 0.1) is 6.92 Å². The van der Waals surface area contributed by atoms with Crippen molar-refractivity contribution in [2.75, 3.05) is 25.1 Å². The third-order valence-electron chi connectivity index (χ3n) is 6.11. The summed E-state index contributed by atoms with van der Waals surface area (Å²) in [6.07, 6.45) is 1.66. The predicted molar refractivity (Wildman–Crippen MR) is 162 cm³/mol. The van der Waals surface area contributed by atoms with E-state index in [1.807, 2.05) is 73.7 Å². The van der Waals surface area contributed by atoms with Crippen LogP contribution in [0.25, 0.3) is 16.8 Å². The smallest absolute Gasteiger partial charge is 0.293 e. The van der Waals surface area contributed by atoms with Gasteiger partial charge < -0.3 is 14.8 Å². The molecule has 1 aliphatic heterocycles. The van der Waals surface area contributed by atoms with Crippen LogP contribution in [0.5, 0.6) is 11.5 Å². The van der Waals surface area contributed by atoms with Gasteiger partial charge in [-0.3, -0.25) is 19.3 Å². The fourth-order valence-corrected chi connectivity index (χ4v) is 5.58. The lowest BCUT2D eigenvalue weighted by atomic mass is 10.1. The molecule has 0 saturated carbocycles. The Balaban J connectivity index is 1.17. The zero-order valence-electron chi connectivity index (χ0n) is 21.6. The van der Waals surface area contributed by atoms with Crippen molar-refractivity contribution in [3.63, 3.8) is 0 Å². The molecule has 4 aromatic carbocycles. The third kappa shape index (κ3) is 6.55. The number of benzene rings is 4. The Labute approximate surface area is 244 Å². The molecule has 5 rings (SSSR count). The summed E-state index contributed by atoms with van der Waals surface area (Å²) in [7, 11) is 0. The summed E-state index contributed by atoms with van der Waals surface area (Å²) in [5, 5.41) is 4.50. The van der Waals surface area contributed by atoms with E-state index in [4.69, 9.17) is 9.47 Å². The second kappa shape index (κ2) is 12.4. The Hall–Kier alpha value is -4.08. The Kier molecular flexibility index (Phi) is 8.52. The minimum absolute atomic E-state index is 0.145. The van der Waals surface area contributed by atoms with Crippen LogP contribution >= 0.6 is 27.7 Å². The van der Waals surface area contributed by atoms with Crippen molar-refractivity contribution < 1.29 is 23.9 Å². The highest BCUT2D eigenvalue weighted by molar-refractivity contribution is 9.10. The highest BCUT2D eigenvalue weighted by Gasteiger charge is 2.34.